The average molecular weight is 264 g/mol. The summed E-state index contributed by atoms with van der Waals surface area (Å²) in [7, 11) is 0. The van der Waals surface area contributed by atoms with Crippen LogP contribution >= 0.6 is 0 Å². The van der Waals surface area contributed by atoms with Gasteiger partial charge in [-0.3, -0.25) is 0 Å². The lowest BCUT2D eigenvalue weighted by Crippen LogP contribution is -2.42. The van der Waals surface area contributed by atoms with Gasteiger partial charge in [-0.15, -0.1) is 0 Å². The molecule has 1 aliphatic carbocycles. The number of morpholine rings is 1. The number of allylic oxidation sites excluding steroid dienone is 1. The van der Waals surface area contributed by atoms with Gasteiger partial charge in [0, 0.05) is 30.7 Å². The van der Waals surface area contributed by atoms with Crippen molar-refractivity contribution in [3.8, 4) is 0 Å². The van der Waals surface area contributed by atoms with Gasteiger partial charge in [-0.2, -0.15) is 0 Å². The van der Waals surface area contributed by atoms with Crippen molar-refractivity contribution in [1.82, 2.24) is 10.2 Å². The van der Waals surface area contributed by atoms with Crippen LogP contribution in [0, 0.1) is 5.92 Å². The smallest absolute Gasteiger partial charge is 0.0992 e. The van der Waals surface area contributed by atoms with E-state index in [1.54, 1.807) is 0 Å². The second-order valence-electron chi connectivity index (χ2n) is 5.70. The van der Waals surface area contributed by atoms with Gasteiger partial charge in [-0.25, -0.2) is 0 Å². The molecule has 2 aliphatic heterocycles. The molecule has 0 saturated carbocycles. The quantitative estimate of drug-likeness (QED) is 0.758. The fourth-order valence-corrected chi connectivity index (χ4v) is 3.27. The number of hydrogen-bond acceptors (Lipinski definition) is 4. The van der Waals surface area contributed by atoms with Crippen LogP contribution in [0.2, 0.25) is 0 Å². The third-order valence-electron chi connectivity index (χ3n) is 4.41. The maximum Gasteiger partial charge on any atom is 0.0992 e. The van der Waals surface area contributed by atoms with Crippen molar-refractivity contribution in [1.29, 1.82) is 0 Å². The Kier molecular flexibility index (Phi) is 4.09. The predicted molar refractivity (Wildman–Crippen MR) is 74.9 cm³/mol. The van der Waals surface area contributed by atoms with Crippen LogP contribution in [0.15, 0.2) is 23.6 Å². The summed E-state index contributed by atoms with van der Waals surface area (Å²) in [4.78, 5) is 2.32. The van der Waals surface area contributed by atoms with Gasteiger partial charge in [-0.1, -0.05) is 12.8 Å². The van der Waals surface area contributed by atoms with Crippen molar-refractivity contribution in [2.45, 2.75) is 31.7 Å². The van der Waals surface area contributed by atoms with Gasteiger partial charge >= 0.3 is 0 Å². The Morgan fingerprint density at radius 2 is 2.05 bits per heavy atom. The lowest BCUT2D eigenvalue weighted by atomic mass is 9.85. The fourth-order valence-electron chi connectivity index (χ4n) is 3.27. The van der Waals surface area contributed by atoms with Gasteiger partial charge in [0.25, 0.3) is 0 Å². The van der Waals surface area contributed by atoms with E-state index < -0.39 is 0 Å². The lowest BCUT2D eigenvalue weighted by molar-refractivity contribution is 0.0542. The molecule has 2 saturated heterocycles. The van der Waals surface area contributed by atoms with Crippen molar-refractivity contribution in [3.63, 3.8) is 0 Å². The van der Waals surface area contributed by atoms with Gasteiger partial charge in [0.05, 0.1) is 19.0 Å². The minimum Gasteiger partial charge on any atom is -0.512 e. The zero-order valence-electron chi connectivity index (χ0n) is 11.5. The van der Waals surface area contributed by atoms with Crippen LogP contribution in [-0.4, -0.2) is 48.9 Å². The van der Waals surface area contributed by atoms with E-state index >= 15 is 0 Å². The van der Waals surface area contributed by atoms with Crippen LogP contribution in [0.1, 0.15) is 25.7 Å². The van der Waals surface area contributed by atoms with Crippen LogP contribution in [-0.2, 0) is 4.74 Å². The van der Waals surface area contributed by atoms with Gasteiger partial charge < -0.3 is 20.1 Å². The molecule has 106 valence electrons. The summed E-state index contributed by atoms with van der Waals surface area (Å²) in [5, 5.41) is 13.9. The molecule has 0 aromatic heterocycles. The molecule has 2 heterocycles. The Morgan fingerprint density at radius 3 is 2.89 bits per heavy atom. The number of rotatable bonds is 1. The zero-order valence-corrected chi connectivity index (χ0v) is 11.5. The van der Waals surface area contributed by atoms with Gasteiger partial charge in [0.1, 0.15) is 0 Å². The molecule has 3 aliphatic rings. The highest BCUT2D eigenvalue weighted by atomic mass is 16.5. The number of aliphatic hydroxyl groups excluding tert-OH is 1. The van der Waals surface area contributed by atoms with Gasteiger partial charge in [0.2, 0.25) is 0 Å². The molecule has 0 bridgehead atoms. The minimum atomic E-state index is 0.269. The molecule has 2 fully saturated rings. The van der Waals surface area contributed by atoms with Crippen molar-refractivity contribution < 1.29 is 9.84 Å². The number of aliphatic hydroxyl groups is 1. The topological polar surface area (TPSA) is 44.7 Å². The lowest BCUT2D eigenvalue weighted by Gasteiger charge is -2.36. The van der Waals surface area contributed by atoms with E-state index in [1.165, 1.54) is 19.3 Å². The first-order valence-electron chi connectivity index (χ1n) is 7.53. The van der Waals surface area contributed by atoms with Crippen molar-refractivity contribution in [3.05, 3.63) is 23.6 Å². The molecule has 0 radical (unpaired) electrons. The zero-order chi connectivity index (χ0) is 13.1. The third-order valence-corrected chi connectivity index (χ3v) is 4.41. The van der Waals surface area contributed by atoms with Crippen molar-refractivity contribution >= 4 is 0 Å². The summed E-state index contributed by atoms with van der Waals surface area (Å²) >= 11 is 0. The summed E-state index contributed by atoms with van der Waals surface area (Å²) in [5.74, 6) is 0.827. The van der Waals surface area contributed by atoms with Gasteiger partial charge in [0.15, 0.2) is 0 Å². The summed E-state index contributed by atoms with van der Waals surface area (Å²) in [6.45, 7) is 4.47. The summed E-state index contributed by atoms with van der Waals surface area (Å²) < 4.78 is 5.39. The Morgan fingerprint density at radius 1 is 1.21 bits per heavy atom. The summed E-state index contributed by atoms with van der Waals surface area (Å²) in [5.41, 5.74) is 1.16. The van der Waals surface area contributed by atoms with Crippen molar-refractivity contribution in [2.24, 2.45) is 5.92 Å². The molecule has 19 heavy (non-hydrogen) atoms. The molecule has 0 aromatic carbocycles. The fraction of sp³-hybridized carbons (Fsp3) is 0.733. The van der Waals surface area contributed by atoms with Gasteiger partial charge in [-0.05, 0) is 31.5 Å². The van der Waals surface area contributed by atoms with E-state index in [-0.39, 0.29) is 5.92 Å². The maximum atomic E-state index is 10.3. The Balaban J connectivity index is 1.76. The minimum absolute atomic E-state index is 0.269. The highest BCUT2D eigenvalue weighted by Crippen LogP contribution is 2.30. The SMILES string of the molecule is OC1=CC(N2CCOCC2)=CC2NCCCCCC12. The van der Waals surface area contributed by atoms with Crippen LogP contribution < -0.4 is 5.32 Å². The summed E-state index contributed by atoms with van der Waals surface area (Å²) in [6, 6.07) is 0.295. The van der Waals surface area contributed by atoms with E-state index in [4.69, 9.17) is 4.74 Å². The first-order valence-corrected chi connectivity index (χ1v) is 7.53. The molecular weight excluding hydrogens is 240 g/mol. The normalized spacial score (nSPS) is 32.7. The Hall–Kier alpha value is -1.00. The maximum absolute atomic E-state index is 10.3. The number of ether oxygens (including phenoxy) is 1. The summed E-state index contributed by atoms with van der Waals surface area (Å²) in [6.07, 6.45) is 9.10. The largest absolute Gasteiger partial charge is 0.512 e. The predicted octanol–water partition coefficient (Wildman–Crippen LogP) is 1.81. The average Bonchev–Trinajstić information content (AvgIpc) is 2.41. The number of nitrogens with zero attached hydrogens (tertiary/aromatic N) is 1. The van der Waals surface area contributed by atoms with E-state index in [1.807, 2.05) is 6.08 Å². The molecule has 0 amide bonds. The second kappa shape index (κ2) is 5.97. The highest BCUT2D eigenvalue weighted by Gasteiger charge is 2.29. The monoisotopic (exact) mass is 264 g/mol. The molecule has 3 rings (SSSR count). The first kappa shape index (κ1) is 13.0. The van der Waals surface area contributed by atoms with Crippen molar-refractivity contribution in [2.75, 3.05) is 32.8 Å². The van der Waals surface area contributed by atoms with E-state index in [2.05, 4.69) is 16.3 Å². The molecule has 2 N–H and O–H groups in total. The van der Waals surface area contributed by atoms with E-state index in [0.717, 1.165) is 45.0 Å². The van der Waals surface area contributed by atoms with Crippen LogP contribution in [0.3, 0.4) is 0 Å². The number of nitrogens with one attached hydrogen (secondary N) is 1. The second-order valence-corrected chi connectivity index (χ2v) is 5.70. The molecule has 2 unspecified atom stereocenters. The van der Waals surface area contributed by atoms with Crippen LogP contribution in [0.25, 0.3) is 0 Å². The number of fused-ring (bicyclic) bond motifs is 1. The Labute approximate surface area is 115 Å². The molecule has 0 spiro atoms. The van der Waals surface area contributed by atoms with E-state index in [9.17, 15) is 5.11 Å². The molecule has 0 aromatic rings. The molecule has 2 atom stereocenters. The van der Waals surface area contributed by atoms with Crippen LogP contribution in [0.5, 0.6) is 0 Å². The molecule has 4 nitrogen and oxygen atoms in total. The molecular formula is C15H24N2O2. The van der Waals surface area contributed by atoms with E-state index in [0.29, 0.717) is 11.8 Å². The Bertz CT molecular complexity index is 372. The highest BCUT2D eigenvalue weighted by molar-refractivity contribution is 5.30. The third kappa shape index (κ3) is 2.95. The van der Waals surface area contributed by atoms with Crippen LogP contribution in [0.4, 0.5) is 0 Å². The molecule has 4 heteroatoms. The standard InChI is InChI=1S/C15H24N2O2/c18-15-11-12(17-6-8-19-9-7-17)10-14-13(15)4-2-1-3-5-16-14/h10-11,13-14,16,18H,1-9H2. The number of hydrogen-bond donors (Lipinski definition) is 2. The first-order chi connectivity index (χ1) is 9.34.